The molecule has 0 radical (unpaired) electrons. The van der Waals surface area contributed by atoms with Gasteiger partial charge in [0, 0.05) is 12.3 Å². The van der Waals surface area contributed by atoms with Crippen molar-refractivity contribution in [1.29, 1.82) is 0 Å². The van der Waals surface area contributed by atoms with Crippen LogP contribution in [-0.2, 0) is 14.3 Å². The summed E-state index contributed by atoms with van der Waals surface area (Å²) in [5.74, 6) is 0.414. The van der Waals surface area contributed by atoms with Crippen molar-refractivity contribution in [3.63, 3.8) is 0 Å². The Hall–Kier alpha value is -2.14. The first-order valence-corrected chi connectivity index (χ1v) is 14.2. The Morgan fingerprint density at radius 2 is 1.86 bits per heavy atom. The van der Waals surface area contributed by atoms with Gasteiger partial charge in [-0.3, -0.25) is 9.59 Å². The predicted octanol–water partition coefficient (Wildman–Crippen LogP) is 7.17. The summed E-state index contributed by atoms with van der Waals surface area (Å²) < 4.78 is 5.57. The van der Waals surface area contributed by atoms with Gasteiger partial charge in [0.2, 0.25) is 0 Å². The van der Waals surface area contributed by atoms with Crippen molar-refractivity contribution >= 4 is 11.9 Å². The van der Waals surface area contributed by atoms with Gasteiger partial charge in [0.25, 0.3) is 0 Å². The van der Waals surface area contributed by atoms with E-state index in [9.17, 15) is 14.7 Å². The molecule has 0 bridgehead atoms. The minimum atomic E-state index is -0.983. The number of esters is 1. The molecule has 3 aliphatic rings. The van der Waals surface area contributed by atoms with Crippen molar-refractivity contribution in [2.75, 3.05) is 0 Å². The van der Waals surface area contributed by atoms with Crippen molar-refractivity contribution in [3.05, 3.63) is 47.6 Å². The fraction of sp³-hybridized carbons (Fsp3) is 0.688. The molecule has 3 saturated carbocycles. The monoisotopic (exact) mass is 512 g/mol. The Morgan fingerprint density at radius 3 is 2.54 bits per heavy atom. The summed E-state index contributed by atoms with van der Waals surface area (Å²) in [6.45, 7) is 14.9. The smallest absolute Gasteiger partial charge is 0.306 e. The third kappa shape index (κ3) is 7.46. The van der Waals surface area contributed by atoms with E-state index in [1.165, 1.54) is 31.3 Å². The Kier molecular flexibility index (Phi) is 9.66. The van der Waals surface area contributed by atoms with E-state index in [1.54, 1.807) is 0 Å². The molecule has 0 aromatic carbocycles. The largest absolute Gasteiger partial charge is 0.481 e. The predicted molar refractivity (Wildman–Crippen MR) is 148 cm³/mol. The lowest BCUT2D eigenvalue weighted by Gasteiger charge is -2.44. The second-order valence-electron chi connectivity index (χ2n) is 12.6. The van der Waals surface area contributed by atoms with Crippen LogP contribution in [0.5, 0.6) is 0 Å². The summed E-state index contributed by atoms with van der Waals surface area (Å²) in [6.07, 6.45) is 16.8. The van der Waals surface area contributed by atoms with Crippen molar-refractivity contribution in [1.82, 2.24) is 0 Å². The zero-order valence-electron chi connectivity index (χ0n) is 23.6. The Bertz CT molecular complexity index is 949. The molecule has 3 aliphatic carbocycles. The Balaban J connectivity index is 1.68. The number of hydrogen-bond donors (Lipinski definition) is 2. The number of carbonyl (C=O) groups excluding carboxylic acids is 1. The molecular formula is C32H48O5. The van der Waals surface area contributed by atoms with Crippen molar-refractivity contribution < 1.29 is 24.5 Å². The third-order valence-electron chi connectivity index (χ3n) is 9.50. The maximum Gasteiger partial charge on any atom is 0.306 e. The number of carboxylic acids is 1. The SMILES string of the molecule is C=C1CCC(OC(=O)CCC(=O)O)C/C1=C/C=C1\CCCC2(C)C1CCC2C(C)/C=C/C(C)C(C)(C)O. The highest BCUT2D eigenvalue weighted by Crippen LogP contribution is 2.59. The number of ether oxygens (including phenoxy) is 1. The lowest BCUT2D eigenvalue weighted by molar-refractivity contribution is -0.152. The third-order valence-corrected chi connectivity index (χ3v) is 9.50. The number of aliphatic carboxylic acids is 1. The molecule has 0 aromatic heterocycles. The topological polar surface area (TPSA) is 83.8 Å². The molecule has 5 heteroatoms. The molecule has 206 valence electrons. The quantitative estimate of drug-likeness (QED) is 0.253. The van der Waals surface area contributed by atoms with Crippen molar-refractivity contribution in [2.45, 2.75) is 111 Å². The van der Waals surface area contributed by atoms with E-state index in [4.69, 9.17) is 9.84 Å². The molecule has 0 saturated heterocycles. The second kappa shape index (κ2) is 12.1. The molecule has 6 atom stereocenters. The molecule has 0 heterocycles. The summed E-state index contributed by atoms with van der Waals surface area (Å²) in [6, 6.07) is 0. The van der Waals surface area contributed by atoms with Crippen LogP contribution in [0.1, 0.15) is 98.8 Å². The van der Waals surface area contributed by atoms with Crippen molar-refractivity contribution in [2.24, 2.45) is 29.1 Å². The van der Waals surface area contributed by atoms with E-state index in [0.29, 0.717) is 24.2 Å². The molecule has 5 nitrogen and oxygen atoms in total. The van der Waals surface area contributed by atoms with Gasteiger partial charge in [-0.1, -0.05) is 62.8 Å². The Labute approximate surface area is 223 Å². The van der Waals surface area contributed by atoms with Gasteiger partial charge in [-0.2, -0.15) is 0 Å². The van der Waals surface area contributed by atoms with Crippen LogP contribution in [0.25, 0.3) is 0 Å². The van der Waals surface area contributed by atoms with Gasteiger partial charge >= 0.3 is 11.9 Å². The van der Waals surface area contributed by atoms with Crippen LogP contribution in [0.3, 0.4) is 0 Å². The molecule has 2 N–H and O–H groups in total. The van der Waals surface area contributed by atoms with Crippen LogP contribution < -0.4 is 0 Å². The van der Waals surface area contributed by atoms with Gasteiger partial charge in [-0.25, -0.2) is 0 Å². The summed E-state index contributed by atoms with van der Waals surface area (Å²) in [5.41, 5.74) is 3.38. The summed E-state index contributed by atoms with van der Waals surface area (Å²) >= 11 is 0. The first kappa shape index (κ1) is 29.4. The van der Waals surface area contributed by atoms with E-state index >= 15 is 0 Å². The molecule has 3 fully saturated rings. The first-order valence-electron chi connectivity index (χ1n) is 14.2. The normalized spacial score (nSPS) is 32.5. The first-order chi connectivity index (χ1) is 17.3. The molecule has 3 rings (SSSR count). The molecule has 0 aliphatic heterocycles. The second-order valence-corrected chi connectivity index (χ2v) is 12.6. The van der Waals surface area contributed by atoms with Gasteiger partial charge in [0.15, 0.2) is 0 Å². The molecule has 0 aromatic rings. The minimum Gasteiger partial charge on any atom is -0.481 e. The van der Waals surface area contributed by atoms with Crippen LogP contribution in [-0.4, -0.2) is 33.9 Å². The fourth-order valence-electron chi connectivity index (χ4n) is 6.79. The highest BCUT2D eigenvalue weighted by Gasteiger charge is 2.50. The van der Waals surface area contributed by atoms with E-state index in [1.807, 2.05) is 13.8 Å². The number of carbonyl (C=O) groups is 2. The van der Waals surface area contributed by atoms with E-state index < -0.39 is 17.5 Å². The number of fused-ring (bicyclic) bond motifs is 1. The zero-order chi connectivity index (χ0) is 27.4. The maximum atomic E-state index is 12.0. The lowest BCUT2D eigenvalue weighted by atomic mass is 9.61. The van der Waals surface area contributed by atoms with Crippen LogP contribution in [0.4, 0.5) is 0 Å². The molecular weight excluding hydrogens is 464 g/mol. The van der Waals surface area contributed by atoms with E-state index in [0.717, 1.165) is 30.4 Å². The number of allylic oxidation sites excluding steroid dienone is 5. The summed E-state index contributed by atoms with van der Waals surface area (Å²) in [5, 5.41) is 19.1. The molecule has 0 amide bonds. The lowest BCUT2D eigenvalue weighted by Crippen LogP contribution is -2.35. The van der Waals surface area contributed by atoms with Gasteiger partial charge in [-0.05, 0) is 87.5 Å². The zero-order valence-corrected chi connectivity index (χ0v) is 23.6. The van der Waals surface area contributed by atoms with E-state index in [-0.39, 0.29) is 30.3 Å². The minimum absolute atomic E-state index is 0.0818. The van der Waals surface area contributed by atoms with E-state index in [2.05, 4.69) is 51.7 Å². The fourth-order valence-corrected chi connectivity index (χ4v) is 6.79. The highest BCUT2D eigenvalue weighted by molar-refractivity contribution is 5.76. The standard InChI is InChI=1S/C32H48O5/c1-21-10-14-26(37-30(35)18-17-29(33)34)20-25(21)13-12-24-8-7-19-32(6)27(15-16-28(24)32)22(2)9-11-23(3)31(4,5)36/h9,11-13,22-23,26-28,36H,1,7-8,10,14-20H2,2-6H3,(H,33,34)/b11-9+,24-12+,25-13-. The van der Waals surface area contributed by atoms with Crippen LogP contribution >= 0.6 is 0 Å². The Morgan fingerprint density at radius 1 is 1.14 bits per heavy atom. The van der Waals surface area contributed by atoms with Gasteiger partial charge in [-0.15, -0.1) is 0 Å². The average molecular weight is 513 g/mol. The number of hydrogen-bond acceptors (Lipinski definition) is 4. The number of carboxylic acid groups (broad SMARTS) is 1. The molecule has 0 spiro atoms. The number of rotatable bonds is 9. The molecule has 6 unspecified atom stereocenters. The van der Waals surface area contributed by atoms with Crippen LogP contribution in [0.2, 0.25) is 0 Å². The average Bonchev–Trinajstić information content (AvgIpc) is 3.18. The maximum absolute atomic E-state index is 12.0. The van der Waals surface area contributed by atoms with Crippen LogP contribution in [0, 0.1) is 29.1 Å². The number of aliphatic hydroxyl groups is 1. The summed E-state index contributed by atoms with van der Waals surface area (Å²) in [4.78, 5) is 22.8. The summed E-state index contributed by atoms with van der Waals surface area (Å²) in [7, 11) is 0. The van der Waals surface area contributed by atoms with Gasteiger partial charge < -0.3 is 14.9 Å². The highest BCUT2D eigenvalue weighted by atomic mass is 16.5. The van der Waals surface area contributed by atoms with Crippen LogP contribution in [0.15, 0.2) is 47.6 Å². The van der Waals surface area contributed by atoms with Crippen molar-refractivity contribution in [3.8, 4) is 0 Å². The molecule has 37 heavy (non-hydrogen) atoms. The van der Waals surface area contributed by atoms with Gasteiger partial charge in [0.05, 0.1) is 18.4 Å². The van der Waals surface area contributed by atoms with Gasteiger partial charge in [0.1, 0.15) is 6.10 Å².